The van der Waals surface area contributed by atoms with Crippen LogP contribution in [0.2, 0.25) is 0 Å². The topological polar surface area (TPSA) is 47.9 Å². The number of hydrogen-bond acceptors (Lipinski definition) is 4. The second-order valence-corrected chi connectivity index (χ2v) is 5.09. The summed E-state index contributed by atoms with van der Waals surface area (Å²) < 4.78 is 15.9. The average Bonchev–Trinajstić information content (AvgIpc) is 2.59. The second-order valence-electron chi connectivity index (χ2n) is 5.09. The minimum atomic E-state index is -0.696. The van der Waals surface area contributed by atoms with Crippen LogP contribution in [0.25, 0.3) is 0 Å². The third kappa shape index (κ3) is 3.17. The molecule has 0 fully saturated rings. The third-order valence-corrected chi connectivity index (χ3v) is 3.87. The van der Waals surface area contributed by atoms with Crippen molar-refractivity contribution in [2.45, 2.75) is 18.9 Å². The molecule has 2 aromatic rings. The summed E-state index contributed by atoms with van der Waals surface area (Å²) in [5, 5.41) is 10.7. The highest BCUT2D eigenvalue weighted by molar-refractivity contribution is 5.48. The van der Waals surface area contributed by atoms with Crippen molar-refractivity contribution < 1.29 is 19.3 Å². The van der Waals surface area contributed by atoms with Gasteiger partial charge in [-0.15, -0.1) is 0 Å². The zero-order valence-corrected chi connectivity index (χ0v) is 13.4. The van der Waals surface area contributed by atoms with E-state index in [0.717, 1.165) is 11.3 Å². The first-order chi connectivity index (χ1) is 10.6. The summed E-state index contributed by atoms with van der Waals surface area (Å²) in [6, 6.07) is 13.2. The minimum Gasteiger partial charge on any atom is -0.497 e. The Hall–Kier alpha value is -2.20. The van der Waals surface area contributed by atoms with E-state index in [1.54, 1.807) is 21.3 Å². The lowest BCUT2D eigenvalue weighted by Gasteiger charge is -2.22. The van der Waals surface area contributed by atoms with Gasteiger partial charge in [-0.1, -0.05) is 31.2 Å². The predicted molar refractivity (Wildman–Crippen MR) is 85.9 cm³/mol. The van der Waals surface area contributed by atoms with E-state index in [9.17, 15) is 5.11 Å². The van der Waals surface area contributed by atoms with Gasteiger partial charge in [0.15, 0.2) is 11.5 Å². The standard InChI is InChI=1S/C18H22O4/c1-12(13-8-10-14(20-2)11-9-13)17(19)15-6-5-7-16(21-3)18(15)22-4/h5-12,17,19H,1-4H3. The van der Waals surface area contributed by atoms with Crippen LogP contribution in [0, 0.1) is 0 Å². The number of aliphatic hydroxyl groups excluding tert-OH is 1. The Labute approximate surface area is 131 Å². The van der Waals surface area contributed by atoms with Gasteiger partial charge in [-0.25, -0.2) is 0 Å². The van der Waals surface area contributed by atoms with Crippen LogP contribution in [-0.4, -0.2) is 26.4 Å². The molecular weight excluding hydrogens is 280 g/mol. The first kappa shape index (κ1) is 16.2. The highest BCUT2D eigenvalue weighted by Crippen LogP contribution is 2.40. The molecular formula is C18H22O4. The lowest BCUT2D eigenvalue weighted by Crippen LogP contribution is -2.09. The van der Waals surface area contributed by atoms with E-state index in [0.29, 0.717) is 17.1 Å². The Morgan fingerprint density at radius 2 is 1.55 bits per heavy atom. The van der Waals surface area contributed by atoms with Gasteiger partial charge in [0.05, 0.1) is 27.4 Å². The molecule has 1 N–H and O–H groups in total. The molecule has 4 heteroatoms. The molecule has 118 valence electrons. The first-order valence-electron chi connectivity index (χ1n) is 7.15. The molecule has 2 aromatic carbocycles. The molecule has 0 saturated heterocycles. The Morgan fingerprint density at radius 3 is 2.09 bits per heavy atom. The molecule has 2 unspecified atom stereocenters. The van der Waals surface area contributed by atoms with Gasteiger partial charge in [0.2, 0.25) is 0 Å². The molecule has 0 aromatic heterocycles. The monoisotopic (exact) mass is 302 g/mol. The Bertz CT molecular complexity index is 607. The van der Waals surface area contributed by atoms with Crippen LogP contribution in [0.4, 0.5) is 0 Å². The molecule has 0 bridgehead atoms. The summed E-state index contributed by atoms with van der Waals surface area (Å²) in [5.41, 5.74) is 1.74. The Balaban J connectivity index is 2.31. The maximum atomic E-state index is 10.7. The summed E-state index contributed by atoms with van der Waals surface area (Å²) in [5.74, 6) is 1.88. The van der Waals surface area contributed by atoms with Crippen LogP contribution >= 0.6 is 0 Å². The number of aliphatic hydroxyl groups is 1. The SMILES string of the molecule is COc1ccc(C(C)C(O)c2cccc(OC)c2OC)cc1. The fourth-order valence-corrected chi connectivity index (χ4v) is 2.50. The van der Waals surface area contributed by atoms with E-state index >= 15 is 0 Å². The maximum absolute atomic E-state index is 10.7. The van der Waals surface area contributed by atoms with E-state index in [1.165, 1.54) is 0 Å². The van der Waals surface area contributed by atoms with E-state index in [-0.39, 0.29) is 5.92 Å². The molecule has 2 atom stereocenters. The molecule has 0 aliphatic rings. The molecule has 0 radical (unpaired) electrons. The van der Waals surface area contributed by atoms with E-state index in [1.807, 2.05) is 49.4 Å². The molecule has 0 amide bonds. The lowest BCUT2D eigenvalue weighted by atomic mass is 9.90. The van der Waals surface area contributed by atoms with Gasteiger partial charge >= 0.3 is 0 Å². The van der Waals surface area contributed by atoms with Crippen molar-refractivity contribution in [3.63, 3.8) is 0 Å². The van der Waals surface area contributed by atoms with Crippen LogP contribution in [0.15, 0.2) is 42.5 Å². The fourth-order valence-electron chi connectivity index (χ4n) is 2.50. The van der Waals surface area contributed by atoms with E-state index < -0.39 is 6.10 Å². The number of hydrogen-bond donors (Lipinski definition) is 1. The molecule has 0 aliphatic heterocycles. The van der Waals surface area contributed by atoms with Crippen LogP contribution in [0.5, 0.6) is 17.2 Å². The Kier molecular flexibility index (Phi) is 5.28. The van der Waals surface area contributed by atoms with Gasteiger partial charge in [0, 0.05) is 11.5 Å². The average molecular weight is 302 g/mol. The zero-order chi connectivity index (χ0) is 16.1. The first-order valence-corrected chi connectivity index (χ1v) is 7.15. The molecule has 2 rings (SSSR count). The zero-order valence-electron chi connectivity index (χ0n) is 13.4. The summed E-state index contributed by atoms with van der Waals surface area (Å²) in [6.07, 6.45) is -0.696. The van der Waals surface area contributed by atoms with Crippen LogP contribution in [0.3, 0.4) is 0 Å². The Morgan fingerprint density at radius 1 is 0.864 bits per heavy atom. The lowest BCUT2D eigenvalue weighted by molar-refractivity contribution is 0.147. The quantitative estimate of drug-likeness (QED) is 0.886. The molecule has 0 aliphatic carbocycles. The number of rotatable bonds is 6. The highest BCUT2D eigenvalue weighted by Gasteiger charge is 2.23. The van der Waals surface area contributed by atoms with Gasteiger partial charge in [0.25, 0.3) is 0 Å². The van der Waals surface area contributed by atoms with Crippen molar-refractivity contribution in [1.29, 1.82) is 0 Å². The molecule has 22 heavy (non-hydrogen) atoms. The van der Waals surface area contributed by atoms with Crippen LogP contribution in [-0.2, 0) is 0 Å². The maximum Gasteiger partial charge on any atom is 0.166 e. The van der Waals surface area contributed by atoms with E-state index in [4.69, 9.17) is 14.2 Å². The van der Waals surface area contributed by atoms with Gasteiger partial charge in [-0.3, -0.25) is 0 Å². The predicted octanol–water partition coefficient (Wildman–Crippen LogP) is 3.55. The summed E-state index contributed by atoms with van der Waals surface area (Å²) in [6.45, 7) is 1.98. The molecule has 0 saturated carbocycles. The molecule has 0 heterocycles. The summed E-state index contributed by atoms with van der Waals surface area (Å²) in [7, 11) is 4.79. The fraction of sp³-hybridized carbons (Fsp3) is 0.333. The van der Waals surface area contributed by atoms with Gasteiger partial charge in [0.1, 0.15) is 5.75 Å². The number of benzene rings is 2. The molecule has 4 nitrogen and oxygen atoms in total. The van der Waals surface area contributed by atoms with Crippen molar-refractivity contribution in [3.05, 3.63) is 53.6 Å². The largest absolute Gasteiger partial charge is 0.497 e. The number of methoxy groups -OCH3 is 3. The summed E-state index contributed by atoms with van der Waals surface area (Å²) >= 11 is 0. The minimum absolute atomic E-state index is 0.0908. The van der Waals surface area contributed by atoms with Gasteiger partial charge in [-0.05, 0) is 23.8 Å². The number of para-hydroxylation sites is 1. The van der Waals surface area contributed by atoms with Crippen molar-refractivity contribution in [2.24, 2.45) is 0 Å². The van der Waals surface area contributed by atoms with Gasteiger partial charge < -0.3 is 19.3 Å². The van der Waals surface area contributed by atoms with Gasteiger partial charge in [-0.2, -0.15) is 0 Å². The van der Waals surface area contributed by atoms with Crippen LogP contribution in [0.1, 0.15) is 30.1 Å². The van der Waals surface area contributed by atoms with Crippen molar-refractivity contribution in [2.75, 3.05) is 21.3 Å². The van der Waals surface area contributed by atoms with Crippen molar-refractivity contribution in [3.8, 4) is 17.2 Å². The van der Waals surface area contributed by atoms with Crippen molar-refractivity contribution >= 4 is 0 Å². The third-order valence-electron chi connectivity index (χ3n) is 3.87. The normalized spacial score (nSPS) is 13.3. The van der Waals surface area contributed by atoms with Crippen LogP contribution < -0.4 is 14.2 Å². The number of ether oxygens (including phenoxy) is 3. The van der Waals surface area contributed by atoms with Crippen molar-refractivity contribution in [1.82, 2.24) is 0 Å². The highest BCUT2D eigenvalue weighted by atomic mass is 16.5. The van der Waals surface area contributed by atoms with E-state index in [2.05, 4.69) is 0 Å². The molecule has 0 spiro atoms. The smallest absolute Gasteiger partial charge is 0.166 e. The second kappa shape index (κ2) is 7.18. The summed E-state index contributed by atoms with van der Waals surface area (Å²) in [4.78, 5) is 0.